The van der Waals surface area contributed by atoms with Crippen molar-refractivity contribution in [2.24, 2.45) is 0 Å². The molecule has 3 rings (SSSR count). The number of rotatable bonds is 10. The standard InChI is InChI=1S/C26H31Cl3N2O2S/c1-2-24(26(33)30-20-7-4-3-5-8-20)31(15-21-22(28)9-6-10-23(21)29)25(32)17-34-16-18-11-13-19(27)14-12-18/h6,9-14,20,24H,2-5,7-8,15-17H2,1H3,(H,30,33)/t24-/m1/s1. The maximum atomic E-state index is 13.4. The maximum absolute atomic E-state index is 13.4. The molecule has 4 nitrogen and oxygen atoms in total. The topological polar surface area (TPSA) is 49.4 Å². The van der Waals surface area contributed by atoms with Crippen molar-refractivity contribution >= 4 is 58.4 Å². The molecule has 1 saturated carbocycles. The Morgan fingerprint density at radius 3 is 2.29 bits per heavy atom. The van der Waals surface area contributed by atoms with Gasteiger partial charge in [-0.05, 0) is 49.1 Å². The van der Waals surface area contributed by atoms with Crippen molar-refractivity contribution in [3.05, 3.63) is 68.7 Å². The predicted molar refractivity (Wildman–Crippen MR) is 144 cm³/mol. The molecule has 8 heteroatoms. The molecule has 1 fully saturated rings. The molecule has 0 aliphatic heterocycles. The van der Waals surface area contributed by atoms with E-state index in [0.29, 0.717) is 32.8 Å². The summed E-state index contributed by atoms with van der Waals surface area (Å²) in [5.41, 5.74) is 1.75. The van der Waals surface area contributed by atoms with E-state index in [2.05, 4.69) is 5.32 Å². The van der Waals surface area contributed by atoms with Gasteiger partial charge in [0, 0.05) is 39.0 Å². The fraction of sp³-hybridized carbons (Fsp3) is 0.462. The van der Waals surface area contributed by atoms with E-state index in [4.69, 9.17) is 34.8 Å². The van der Waals surface area contributed by atoms with Crippen LogP contribution >= 0.6 is 46.6 Å². The molecule has 1 aliphatic rings. The van der Waals surface area contributed by atoms with E-state index >= 15 is 0 Å². The lowest BCUT2D eigenvalue weighted by atomic mass is 9.95. The molecule has 0 aromatic heterocycles. The number of amides is 2. The first-order chi connectivity index (χ1) is 16.4. The molecule has 0 bridgehead atoms. The van der Waals surface area contributed by atoms with E-state index in [0.717, 1.165) is 31.2 Å². The summed E-state index contributed by atoms with van der Waals surface area (Å²) in [6, 6.07) is 12.5. The first kappa shape index (κ1) is 27.2. The number of nitrogens with one attached hydrogen (secondary N) is 1. The molecule has 1 N–H and O–H groups in total. The van der Waals surface area contributed by atoms with E-state index in [1.807, 2.05) is 31.2 Å². The largest absolute Gasteiger partial charge is 0.352 e. The number of benzene rings is 2. The van der Waals surface area contributed by atoms with Crippen LogP contribution in [0.2, 0.25) is 15.1 Å². The van der Waals surface area contributed by atoms with E-state index in [9.17, 15) is 9.59 Å². The van der Waals surface area contributed by atoms with Crippen molar-refractivity contribution in [2.45, 2.75) is 69.8 Å². The lowest BCUT2D eigenvalue weighted by Gasteiger charge is -2.33. The zero-order valence-corrected chi connectivity index (χ0v) is 22.5. The SMILES string of the molecule is CC[C@H](C(=O)NC1CCCCC1)N(Cc1c(Cl)cccc1Cl)C(=O)CSCc1ccc(Cl)cc1. The van der Waals surface area contributed by atoms with Crippen LogP contribution in [0.1, 0.15) is 56.6 Å². The molecule has 1 atom stereocenters. The van der Waals surface area contributed by atoms with Crippen LogP contribution in [0.4, 0.5) is 0 Å². The van der Waals surface area contributed by atoms with Gasteiger partial charge in [-0.25, -0.2) is 0 Å². The second kappa shape index (κ2) is 13.6. The monoisotopic (exact) mass is 540 g/mol. The van der Waals surface area contributed by atoms with Crippen molar-refractivity contribution in [1.82, 2.24) is 10.2 Å². The van der Waals surface area contributed by atoms with Crippen molar-refractivity contribution in [1.29, 1.82) is 0 Å². The average molecular weight is 542 g/mol. The van der Waals surface area contributed by atoms with Gasteiger partial charge in [0.1, 0.15) is 6.04 Å². The molecule has 2 amide bonds. The normalized spacial score (nSPS) is 15.1. The van der Waals surface area contributed by atoms with Gasteiger partial charge in [0.05, 0.1) is 5.75 Å². The van der Waals surface area contributed by atoms with Gasteiger partial charge in [-0.15, -0.1) is 11.8 Å². The number of hydrogen-bond acceptors (Lipinski definition) is 3. The molecular weight excluding hydrogens is 511 g/mol. The molecular formula is C26H31Cl3N2O2S. The van der Waals surface area contributed by atoms with Crippen LogP contribution in [-0.2, 0) is 21.9 Å². The molecule has 184 valence electrons. The zero-order chi connectivity index (χ0) is 24.5. The van der Waals surface area contributed by atoms with Gasteiger partial charge in [-0.3, -0.25) is 9.59 Å². The number of halogens is 3. The van der Waals surface area contributed by atoms with Crippen molar-refractivity contribution in [3.63, 3.8) is 0 Å². The maximum Gasteiger partial charge on any atom is 0.243 e. The quantitative estimate of drug-likeness (QED) is 0.348. The second-order valence-corrected chi connectivity index (χ2v) is 10.8. The Bertz CT molecular complexity index is 945. The number of thioether (sulfide) groups is 1. The Kier molecular flexibility index (Phi) is 10.9. The number of hydrogen-bond donors (Lipinski definition) is 1. The Morgan fingerprint density at radius 1 is 1.03 bits per heavy atom. The Labute approximate surface area is 221 Å². The molecule has 34 heavy (non-hydrogen) atoms. The van der Waals surface area contributed by atoms with Crippen LogP contribution in [0.3, 0.4) is 0 Å². The van der Waals surface area contributed by atoms with Gasteiger partial charge in [-0.1, -0.05) is 79.2 Å². The minimum atomic E-state index is -0.585. The summed E-state index contributed by atoms with van der Waals surface area (Å²) in [4.78, 5) is 28.4. The summed E-state index contributed by atoms with van der Waals surface area (Å²) < 4.78 is 0. The Hall–Kier alpha value is -1.40. The summed E-state index contributed by atoms with van der Waals surface area (Å²) in [7, 11) is 0. The Balaban J connectivity index is 1.74. The lowest BCUT2D eigenvalue weighted by molar-refractivity contribution is -0.139. The summed E-state index contributed by atoms with van der Waals surface area (Å²) in [6.07, 6.45) is 5.95. The highest BCUT2D eigenvalue weighted by Gasteiger charge is 2.31. The van der Waals surface area contributed by atoms with Crippen LogP contribution < -0.4 is 5.32 Å². The van der Waals surface area contributed by atoms with Gasteiger partial charge in [-0.2, -0.15) is 0 Å². The summed E-state index contributed by atoms with van der Waals surface area (Å²) in [5, 5.41) is 4.85. The zero-order valence-electron chi connectivity index (χ0n) is 19.4. The first-order valence-electron chi connectivity index (χ1n) is 11.7. The van der Waals surface area contributed by atoms with Gasteiger partial charge in [0.25, 0.3) is 0 Å². The molecule has 0 spiro atoms. The fourth-order valence-electron chi connectivity index (χ4n) is 4.24. The number of nitrogens with zero attached hydrogens (tertiary/aromatic N) is 1. The Morgan fingerprint density at radius 2 is 1.68 bits per heavy atom. The average Bonchev–Trinajstić information content (AvgIpc) is 2.82. The van der Waals surface area contributed by atoms with Gasteiger partial charge in [0.2, 0.25) is 11.8 Å². The second-order valence-electron chi connectivity index (χ2n) is 8.61. The van der Waals surface area contributed by atoms with Gasteiger partial charge in [0.15, 0.2) is 0 Å². The van der Waals surface area contributed by atoms with Crippen molar-refractivity contribution in [3.8, 4) is 0 Å². The summed E-state index contributed by atoms with van der Waals surface area (Å²) in [5.74, 6) is 0.709. The molecule has 1 aliphatic carbocycles. The van der Waals surface area contributed by atoms with Crippen LogP contribution in [0.15, 0.2) is 42.5 Å². The predicted octanol–water partition coefficient (Wildman–Crippen LogP) is 7.14. The molecule has 0 unspecified atom stereocenters. The van der Waals surface area contributed by atoms with Crippen LogP contribution in [0.25, 0.3) is 0 Å². The molecule has 2 aromatic rings. The van der Waals surface area contributed by atoms with Crippen molar-refractivity contribution in [2.75, 3.05) is 5.75 Å². The van der Waals surface area contributed by atoms with E-state index in [-0.39, 0.29) is 30.2 Å². The number of carbonyl (C=O) groups excluding carboxylic acids is 2. The highest BCUT2D eigenvalue weighted by atomic mass is 35.5. The van der Waals surface area contributed by atoms with Gasteiger partial charge < -0.3 is 10.2 Å². The summed E-state index contributed by atoms with van der Waals surface area (Å²) >= 11 is 20.3. The third-order valence-corrected chi connectivity index (χ3v) is 8.08. The highest BCUT2D eigenvalue weighted by Crippen LogP contribution is 2.28. The lowest BCUT2D eigenvalue weighted by Crippen LogP contribution is -2.52. The molecule has 0 radical (unpaired) electrons. The molecule has 2 aromatic carbocycles. The summed E-state index contributed by atoms with van der Waals surface area (Å²) in [6.45, 7) is 2.12. The molecule has 0 saturated heterocycles. The van der Waals surface area contributed by atoms with Gasteiger partial charge >= 0.3 is 0 Å². The van der Waals surface area contributed by atoms with Crippen LogP contribution in [0, 0.1) is 0 Å². The van der Waals surface area contributed by atoms with E-state index in [1.54, 1.807) is 23.1 Å². The van der Waals surface area contributed by atoms with E-state index < -0.39 is 6.04 Å². The molecule has 0 heterocycles. The first-order valence-corrected chi connectivity index (χ1v) is 14.0. The minimum absolute atomic E-state index is 0.103. The smallest absolute Gasteiger partial charge is 0.243 e. The fourth-order valence-corrected chi connectivity index (χ4v) is 5.75. The van der Waals surface area contributed by atoms with Crippen LogP contribution in [-0.4, -0.2) is 34.6 Å². The van der Waals surface area contributed by atoms with E-state index in [1.165, 1.54) is 18.2 Å². The third kappa shape index (κ3) is 7.81. The van der Waals surface area contributed by atoms with Crippen molar-refractivity contribution < 1.29 is 9.59 Å². The number of carbonyl (C=O) groups is 2. The minimum Gasteiger partial charge on any atom is -0.352 e. The third-order valence-electron chi connectivity index (χ3n) is 6.14. The highest BCUT2D eigenvalue weighted by molar-refractivity contribution is 7.99. The van der Waals surface area contributed by atoms with Crippen LogP contribution in [0.5, 0.6) is 0 Å².